The van der Waals surface area contributed by atoms with Crippen LogP contribution in [0.1, 0.15) is 41.4 Å². The number of hydrogen-bond acceptors (Lipinski definition) is 4. The summed E-state index contributed by atoms with van der Waals surface area (Å²) >= 11 is 0. The van der Waals surface area contributed by atoms with Crippen LogP contribution in [0.3, 0.4) is 0 Å². The van der Waals surface area contributed by atoms with E-state index in [-0.39, 0.29) is 33.0 Å². The molecular formula is C32H18O8. The number of aromatic carboxylic acids is 4. The summed E-state index contributed by atoms with van der Waals surface area (Å²) < 4.78 is 0. The van der Waals surface area contributed by atoms with E-state index < -0.39 is 23.9 Å². The molecule has 6 aromatic carbocycles. The van der Waals surface area contributed by atoms with Gasteiger partial charge in [-0.3, -0.25) is 0 Å². The van der Waals surface area contributed by atoms with E-state index in [1.807, 2.05) is 0 Å². The van der Waals surface area contributed by atoms with Crippen LogP contribution in [0.5, 0.6) is 0 Å². The van der Waals surface area contributed by atoms with E-state index in [1.54, 1.807) is 60.7 Å². The second-order valence-electron chi connectivity index (χ2n) is 9.27. The summed E-state index contributed by atoms with van der Waals surface area (Å²) in [4.78, 5) is 49.8. The molecule has 0 aromatic heterocycles. The van der Waals surface area contributed by atoms with Crippen molar-refractivity contribution >= 4 is 67.0 Å². The van der Waals surface area contributed by atoms with Crippen LogP contribution in [0, 0.1) is 0 Å². The average molecular weight is 530 g/mol. The van der Waals surface area contributed by atoms with Crippen LogP contribution < -0.4 is 0 Å². The fourth-order valence-corrected chi connectivity index (χ4v) is 5.80. The summed E-state index contributed by atoms with van der Waals surface area (Å²) in [5.41, 5.74) is 0.190. The summed E-state index contributed by atoms with van der Waals surface area (Å²) in [6.45, 7) is 0. The number of fused-ring (bicyclic) bond motifs is 4. The molecule has 6 aromatic rings. The number of benzene rings is 6. The predicted octanol–water partition coefficient (Wildman–Crippen LogP) is 6.76. The van der Waals surface area contributed by atoms with Crippen molar-refractivity contribution in [1.29, 1.82) is 0 Å². The number of carboxylic acid groups (broad SMARTS) is 4. The minimum atomic E-state index is -1.31. The van der Waals surface area contributed by atoms with Gasteiger partial charge in [-0.1, -0.05) is 72.8 Å². The van der Waals surface area contributed by atoms with Gasteiger partial charge in [0.25, 0.3) is 0 Å². The molecule has 0 heterocycles. The van der Waals surface area contributed by atoms with Gasteiger partial charge >= 0.3 is 23.9 Å². The van der Waals surface area contributed by atoms with Crippen molar-refractivity contribution in [2.75, 3.05) is 0 Å². The van der Waals surface area contributed by atoms with E-state index in [2.05, 4.69) is 0 Å². The fourth-order valence-electron chi connectivity index (χ4n) is 5.80. The Morgan fingerprint density at radius 3 is 1.02 bits per heavy atom. The number of carbonyl (C=O) groups is 4. The molecule has 0 saturated heterocycles. The van der Waals surface area contributed by atoms with Gasteiger partial charge in [-0.2, -0.15) is 0 Å². The fraction of sp³-hybridized carbons (Fsp3) is 0. The first-order valence-corrected chi connectivity index (χ1v) is 12.1. The second kappa shape index (κ2) is 8.92. The van der Waals surface area contributed by atoms with Crippen LogP contribution in [0.15, 0.2) is 84.9 Å². The molecule has 8 heteroatoms. The Morgan fingerprint density at radius 2 is 0.700 bits per heavy atom. The highest BCUT2D eigenvalue weighted by Crippen LogP contribution is 2.47. The number of rotatable bonds is 5. The first kappa shape index (κ1) is 24.6. The molecule has 0 saturated carbocycles. The van der Waals surface area contributed by atoms with Crippen molar-refractivity contribution in [3.8, 4) is 11.1 Å². The summed E-state index contributed by atoms with van der Waals surface area (Å²) in [5.74, 6) is -5.21. The summed E-state index contributed by atoms with van der Waals surface area (Å²) in [7, 11) is 0. The molecule has 0 unspecified atom stereocenters. The molecule has 0 fully saturated rings. The molecular weight excluding hydrogens is 512 g/mol. The lowest BCUT2D eigenvalue weighted by Gasteiger charge is -2.21. The van der Waals surface area contributed by atoms with Gasteiger partial charge in [-0.15, -0.1) is 0 Å². The molecule has 0 bridgehead atoms. The van der Waals surface area contributed by atoms with Crippen LogP contribution in [0.2, 0.25) is 0 Å². The van der Waals surface area contributed by atoms with E-state index in [0.29, 0.717) is 43.4 Å². The van der Waals surface area contributed by atoms with Crippen molar-refractivity contribution in [3.05, 3.63) is 107 Å². The van der Waals surface area contributed by atoms with E-state index in [4.69, 9.17) is 0 Å². The maximum atomic E-state index is 12.6. The van der Waals surface area contributed by atoms with Crippen molar-refractivity contribution < 1.29 is 39.6 Å². The third-order valence-electron chi connectivity index (χ3n) is 7.24. The van der Waals surface area contributed by atoms with Crippen molar-refractivity contribution in [2.24, 2.45) is 0 Å². The van der Waals surface area contributed by atoms with Crippen molar-refractivity contribution in [1.82, 2.24) is 0 Å². The Balaban J connectivity index is 2.01. The summed E-state index contributed by atoms with van der Waals surface area (Å²) in [6.07, 6.45) is 0. The molecule has 0 aliphatic rings. The smallest absolute Gasteiger partial charge is 0.336 e. The van der Waals surface area contributed by atoms with Crippen LogP contribution in [-0.4, -0.2) is 44.3 Å². The lowest BCUT2D eigenvalue weighted by Crippen LogP contribution is -2.08. The van der Waals surface area contributed by atoms with E-state index >= 15 is 0 Å². The number of carboxylic acids is 4. The second-order valence-corrected chi connectivity index (χ2v) is 9.27. The van der Waals surface area contributed by atoms with E-state index in [9.17, 15) is 39.6 Å². The highest BCUT2D eigenvalue weighted by molar-refractivity contribution is 6.33. The first-order valence-electron chi connectivity index (χ1n) is 12.1. The zero-order valence-corrected chi connectivity index (χ0v) is 20.5. The van der Waals surface area contributed by atoms with Crippen LogP contribution in [-0.2, 0) is 0 Å². The molecule has 0 amide bonds. The molecule has 8 nitrogen and oxygen atoms in total. The van der Waals surface area contributed by atoms with E-state index in [1.165, 1.54) is 24.3 Å². The predicted molar refractivity (Wildman–Crippen MR) is 150 cm³/mol. The molecule has 4 N–H and O–H groups in total. The third kappa shape index (κ3) is 3.40. The summed E-state index contributed by atoms with van der Waals surface area (Å²) in [6, 6.07) is 22.4. The maximum Gasteiger partial charge on any atom is 0.336 e. The zero-order valence-electron chi connectivity index (χ0n) is 20.5. The van der Waals surface area contributed by atoms with Crippen molar-refractivity contribution in [2.45, 2.75) is 0 Å². The van der Waals surface area contributed by atoms with Gasteiger partial charge in [0.05, 0.1) is 22.3 Å². The van der Waals surface area contributed by atoms with Gasteiger partial charge in [0.1, 0.15) is 0 Å². The van der Waals surface area contributed by atoms with Gasteiger partial charge in [0.2, 0.25) is 0 Å². The molecule has 0 aliphatic heterocycles. The standard InChI is InChI=1S/C32H18O8/c33-29(34)21-13-5-11-19-23(15-7-1-3-9-17(15)27(25(19)21)31(37)38)24-16-8-2-4-10-18(16)28(32(39)40)26-20(24)12-6-14-22(26)30(35)36/h1-14H,(H,33,34)(H,35,36)(H,37,38)(H,39,40). The Kier molecular flexibility index (Phi) is 5.48. The maximum absolute atomic E-state index is 12.6. The third-order valence-corrected chi connectivity index (χ3v) is 7.24. The van der Waals surface area contributed by atoms with Crippen molar-refractivity contribution in [3.63, 3.8) is 0 Å². The van der Waals surface area contributed by atoms with Gasteiger partial charge < -0.3 is 20.4 Å². The minimum Gasteiger partial charge on any atom is -0.478 e. The Hall–Kier alpha value is -5.76. The molecule has 0 spiro atoms. The van der Waals surface area contributed by atoms with Gasteiger partial charge in [0.15, 0.2) is 0 Å². The quantitative estimate of drug-likeness (QED) is 0.179. The Morgan fingerprint density at radius 1 is 0.375 bits per heavy atom. The largest absolute Gasteiger partial charge is 0.478 e. The molecule has 40 heavy (non-hydrogen) atoms. The Labute approximate surface area is 224 Å². The first-order chi connectivity index (χ1) is 19.2. The molecule has 0 radical (unpaired) electrons. The highest BCUT2D eigenvalue weighted by atomic mass is 16.4. The van der Waals surface area contributed by atoms with Crippen LogP contribution >= 0.6 is 0 Å². The zero-order chi connectivity index (χ0) is 28.3. The van der Waals surface area contributed by atoms with Gasteiger partial charge in [-0.25, -0.2) is 19.2 Å². The normalized spacial score (nSPS) is 11.3. The molecule has 6 rings (SSSR count). The van der Waals surface area contributed by atoms with E-state index in [0.717, 1.165) is 0 Å². The van der Waals surface area contributed by atoms with Crippen LogP contribution in [0.4, 0.5) is 0 Å². The van der Waals surface area contributed by atoms with Gasteiger partial charge in [0, 0.05) is 10.8 Å². The Bertz CT molecular complexity index is 1970. The summed E-state index contributed by atoms with van der Waals surface area (Å²) in [5, 5.41) is 42.9. The molecule has 0 atom stereocenters. The van der Waals surface area contributed by atoms with Gasteiger partial charge in [-0.05, 0) is 55.6 Å². The lowest BCUT2D eigenvalue weighted by molar-refractivity contribution is 0.0682. The molecule has 194 valence electrons. The molecule has 0 aliphatic carbocycles. The average Bonchev–Trinajstić information content (AvgIpc) is 2.93. The SMILES string of the molecule is O=C(O)c1cccc2c(-c3c4ccccc4c(C(=O)O)c4c(C(=O)O)cccc34)c3ccccc3c(C(=O)O)c12. The van der Waals surface area contributed by atoms with Crippen LogP contribution in [0.25, 0.3) is 54.2 Å². The topological polar surface area (TPSA) is 149 Å². The lowest BCUT2D eigenvalue weighted by atomic mass is 9.81. The number of hydrogen-bond donors (Lipinski definition) is 4. The highest BCUT2D eigenvalue weighted by Gasteiger charge is 2.28. The monoisotopic (exact) mass is 530 g/mol. The minimum absolute atomic E-state index is 0.0186.